The minimum absolute atomic E-state index is 0.00157. The molecule has 5 nitrogen and oxygen atoms in total. The number of fused-ring (bicyclic) bond motifs is 1. The second-order valence-corrected chi connectivity index (χ2v) is 6.96. The van der Waals surface area contributed by atoms with Crippen molar-refractivity contribution in [3.05, 3.63) is 34.5 Å². The van der Waals surface area contributed by atoms with Crippen LogP contribution in [0.15, 0.2) is 29.7 Å². The maximum atomic E-state index is 12.8. The van der Waals surface area contributed by atoms with Gasteiger partial charge in [-0.3, -0.25) is 9.59 Å². The summed E-state index contributed by atoms with van der Waals surface area (Å²) in [5.74, 6) is -1.28. The van der Waals surface area contributed by atoms with Gasteiger partial charge in [-0.15, -0.1) is 11.3 Å². The average Bonchev–Trinajstić information content (AvgIpc) is 3.23. The molecule has 0 saturated carbocycles. The van der Waals surface area contributed by atoms with Gasteiger partial charge in [0.15, 0.2) is 0 Å². The van der Waals surface area contributed by atoms with E-state index in [4.69, 9.17) is 9.47 Å². The molecule has 1 spiro atoms. The Labute approximate surface area is 132 Å². The van der Waals surface area contributed by atoms with Gasteiger partial charge in [0, 0.05) is 4.88 Å². The van der Waals surface area contributed by atoms with Crippen LogP contribution in [0.1, 0.15) is 11.8 Å². The van der Waals surface area contributed by atoms with Crippen LogP contribution in [-0.2, 0) is 25.6 Å². The number of hydrogen-bond acceptors (Lipinski definition) is 5. The van der Waals surface area contributed by atoms with Crippen molar-refractivity contribution < 1.29 is 19.1 Å². The van der Waals surface area contributed by atoms with Crippen LogP contribution in [0.3, 0.4) is 0 Å². The van der Waals surface area contributed by atoms with Crippen molar-refractivity contribution in [1.82, 2.24) is 4.90 Å². The smallest absolute Gasteiger partial charge is 0.312 e. The van der Waals surface area contributed by atoms with Gasteiger partial charge in [0.25, 0.3) is 0 Å². The van der Waals surface area contributed by atoms with Crippen molar-refractivity contribution in [2.24, 2.45) is 11.8 Å². The number of ether oxygens (including phenoxy) is 2. The summed E-state index contributed by atoms with van der Waals surface area (Å²) in [6.45, 7) is 3.18. The van der Waals surface area contributed by atoms with Crippen LogP contribution in [0.2, 0.25) is 0 Å². The fourth-order valence-corrected chi connectivity index (χ4v) is 4.53. The van der Waals surface area contributed by atoms with E-state index in [2.05, 4.69) is 0 Å². The number of likely N-dealkylation sites (tertiary alicyclic amines) is 1. The molecule has 1 aromatic rings. The Morgan fingerprint density at radius 3 is 3.18 bits per heavy atom. The maximum Gasteiger partial charge on any atom is 0.312 e. The lowest BCUT2D eigenvalue weighted by molar-refractivity contribution is -0.153. The highest BCUT2D eigenvalue weighted by atomic mass is 32.1. The van der Waals surface area contributed by atoms with Gasteiger partial charge in [-0.2, -0.15) is 0 Å². The first-order valence-electron chi connectivity index (χ1n) is 7.49. The van der Waals surface area contributed by atoms with Crippen molar-refractivity contribution in [3.63, 3.8) is 0 Å². The molecule has 0 aromatic carbocycles. The maximum absolute atomic E-state index is 12.8. The zero-order valence-electron chi connectivity index (χ0n) is 12.2. The quantitative estimate of drug-likeness (QED) is 0.625. The van der Waals surface area contributed by atoms with E-state index in [-0.39, 0.29) is 18.0 Å². The molecule has 1 aromatic heterocycles. The zero-order valence-corrected chi connectivity index (χ0v) is 13.0. The standard InChI is InChI=1S/C16H17NO4S/c1-2-20-15(19)12-11-5-6-16(21-11)9-17(14(18)13(12)16)8-10-4-3-7-22-10/h3-7,11-13H,2,8-9H2,1H3/t11-,12?,13-,16?/m1/s1. The van der Waals surface area contributed by atoms with E-state index >= 15 is 0 Å². The number of thiophene rings is 1. The Balaban J connectivity index is 1.61. The molecule has 2 fully saturated rings. The summed E-state index contributed by atoms with van der Waals surface area (Å²) in [5, 5.41) is 2.00. The summed E-state index contributed by atoms with van der Waals surface area (Å²) in [7, 11) is 0. The predicted molar refractivity (Wildman–Crippen MR) is 80.1 cm³/mol. The molecule has 0 aliphatic carbocycles. The molecular formula is C16H17NO4S. The van der Waals surface area contributed by atoms with Crippen molar-refractivity contribution in [2.75, 3.05) is 13.2 Å². The monoisotopic (exact) mass is 319 g/mol. The Morgan fingerprint density at radius 1 is 1.59 bits per heavy atom. The first kappa shape index (κ1) is 14.0. The highest BCUT2D eigenvalue weighted by molar-refractivity contribution is 7.09. The largest absolute Gasteiger partial charge is 0.466 e. The molecule has 0 radical (unpaired) electrons. The molecule has 116 valence electrons. The lowest BCUT2D eigenvalue weighted by Crippen LogP contribution is -2.39. The normalized spacial score (nSPS) is 35.2. The highest BCUT2D eigenvalue weighted by Gasteiger charge is 2.67. The Kier molecular flexibility index (Phi) is 3.13. The van der Waals surface area contributed by atoms with Crippen LogP contribution in [0.5, 0.6) is 0 Å². The number of carbonyl (C=O) groups excluding carboxylic acids is 2. The van der Waals surface area contributed by atoms with Crippen molar-refractivity contribution in [2.45, 2.75) is 25.2 Å². The van der Waals surface area contributed by atoms with E-state index in [0.717, 1.165) is 4.88 Å². The van der Waals surface area contributed by atoms with Crippen LogP contribution in [0, 0.1) is 11.8 Å². The zero-order chi connectivity index (χ0) is 15.3. The summed E-state index contributed by atoms with van der Waals surface area (Å²) in [5.41, 5.74) is -0.642. The van der Waals surface area contributed by atoms with E-state index < -0.39 is 17.4 Å². The molecule has 22 heavy (non-hydrogen) atoms. The van der Waals surface area contributed by atoms with Crippen LogP contribution in [0.4, 0.5) is 0 Å². The minimum Gasteiger partial charge on any atom is -0.466 e. The molecule has 2 saturated heterocycles. The third-order valence-electron chi connectivity index (χ3n) is 4.66. The predicted octanol–water partition coefficient (Wildman–Crippen LogP) is 1.59. The number of carbonyl (C=O) groups is 2. The second kappa shape index (κ2) is 4.93. The van der Waals surface area contributed by atoms with Crippen LogP contribution >= 0.6 is 11.3 Å². The van der Waals surface area contributed by atoms with E-state index in [1.807, 2.05) is 29.7 Å². The molecular weight excluding hydrogens is 302 g/mol. The number of rotatable bonds is 4. The molecule has 6 heteroatoms. The summed E-state index contributed by atoms with van der Waals surface area (Å²) in [6.07, 6.45) is 3.54. The fraction of sp³-hybridized carbons (Fsp3) is 0.500. The summed E-state index contributed by atoms with van der Waals surface area (Å²) < 4.78 is 11.2. The minimum atomic E-state index is -0.642. The molecule has 1 amide bonds. The lowest BCUT2D eigenvalue weighted by Gasteiger charge is -2.22. The molecule has 2 bridgehead atoms. The molecule has 3 aliphatic heterocycles. The van der Waals surface area contributed by atoms with E-state index in [1.165, 1.54) is 0 Å². The first-order chi connectivity index (χ1) is 10.6. The topological polar surface area (TPSA) is 55.8 Å². The molecule has 0 N–H and O–H groups in total. The van der Waals surface area contributed by atoms with Gasteiger partial charge >= 0.3 is 5.97 Å². The first-order valence-corrected chi connectivity index (χ1v) is 8.37. The summed E-state index contributed by atoms with van der Waals surface area (Å²) >= 11 is 1.63. The fourth-order valence-electron chi connectivity index (χ4n) is 3.81. The molecule has 4 heterocycles. The van der Waals surface area contributed by atoms with Crippen molar-refractivity contribution >= 4 is 23.2 Å². The van der Waals surface area contributed by atoms with Crippen LogP contribution in [0.25, 0.3) is 0 Å². The van der Waals surface area contributed by atoms with Crippen molar-refractivity contribution in [1.29, 1.82) is 0 Å². The van der Waals surface area contributed by atoms with E-state index in [9.17, 15) is 9.59 Å². The van der Waals surface area contributed by atoms with Gasteiger partial charge in [-0.05, 0) is 18.4 Å². The van der Waals surface area contributed by atoms with Crippen LogP contribution in [-0.4, -0.2) is 41.6 Å². The van der Waals surface area contributed by atoms with E-state index in [0.29, 0.717) is 19.7 Å². The molecule has 3 aliphatic rings. The molecule has 4 atom stereocenters. The number of esters is 1. The Bertz CT molecular complexity index is 641. The summed E-state index contributed by atoms with van der Waals surface area (Å²) in [4.78, 5) is 28.0. The third-order valence-corrected chi connectivity index (χ3v) is 5.53. The summed E-state index contributed by atoms with van der Waals surface area (Å²) in [6, 6.07) is 3.99. The number of nitrogens with zero attached hydrogens (tertiary/aromatic N) is 1. The Morgan fingerprint density at radius 2 is 2.45 bits per heavy atom. The van der Waals surface area contributed by atoms with E-state index in [1.54, 1.807) is 23.2 Å². The van der Waals surface area contributed by atoms with Crippen LogP contribution < -0.4 is 0 Å². The molecule has 2 unspecified atom stereocenters. The van der Waals surface area contributed by atoms with Gasteiger partial charge in [0.2, 0.25) is 5.91 Å². The SMILES string of the molecule is CCOC(=O)C1[C@H]2C=CC3(CN(Cc4cccs4)C(=O)[C@@H]13)O2. The van der Waals surface area contributed by atoms with Gasteiger partial charge in [-0.25, -0.2) is 0 Å². The average molecular weight is 319 g/mol. The number of hydrogen-bond donors (Lipinski definition) is 0. The Hall–Kier alpha value is -1.66. The van der Waals surface area contributed by atoms with Gasteiger partial charge < -0.3 is 14.4 Å². The van der Waals surface area contributed by atoms with Gasteiger partial charge in [0.05, 0.1) is 31.7 Å². The second-order valence-electron chi connectivity index (χ2n) is 5.93. The third kappa shape index (κ3) is 1.87. The highest BCUT2D eigenvalue weighted by Crippen LogP contribution is 2.52. The van der Waals surface area contributed by atoms with Crippen molar-refractivity contribution in [3.8, 4) is 0 Å². The van der Waals surface area contributed by atoms with Gasteiger partial charge in [0.1, 0.15) is 11.5 Å². The van der Waals surface area contributed by atoms with Gasteiger partial charge in [-0.1, -0.05) is 18.2 Å². The lowest BCUT2D eigenvalue weighted by atomic mass is 9.77. The molecule has 4 rings (SSSR count). The number of amides is 1.